The van der Waals surface area contributed by atoms with Crippen LogP contribution in [0, 0.1) is 0 Å². The van der Waals surface area contributed by atoms with E-state index in [4.69, 9.17) is 16.0 Å². The first kappa shape index (κ1) is 16.2. The zero-order chi connectivity index (χ0) is 18.2. The molecule has 0 saturated heterocycles. The Morgan fingerprint density at radius 1 is 1.00 bits per heavy atom. The maximum absolute atomic E-state index is 6.06. The number of fused-ring (bicyclic) bond motifs is 3. The van der Waals surface area contributed by atoms with Crippen LogP contribution < -0.4 is 0 Å². The van der Waals surface area contributed by atoms with Gasteiger partial charge in [-0.3, -0.25) is 0 Å². The molecule has 27 heavy (non-hydrogen) atoms. The van der Waals surface area contributed by atoms with Crippen LogP contribution in [0.25, 0.3) is 33.5 Å². The van der Waals surface area contributed by atoms with Gasteiger partial charge in [-0.25, -0.2) is 4.98 Å². The third-order valence-electron chi connectivity index (χ3n) is 3.97. The maximum atomic E-state index is 6.06. The van der Waals surface area contributed by atoms with E-state index in [2.05, 4.69) is 30.4 Å². The minimum atomic E-state index is 0.457. The van der Waals surface area contributed by atoms with Gasteiger partial charge < -0.3 is 9.40 Å². The second kappa shape index (κ2) is 6.64. The van der Waals surface area contributed by atoms with Crippen molar-refractivity contribution in [1.82, 2.24) is 30.4 Å². The van der Waals surface area contributed by atoms with E-state index < -0.39 is 0 Å². The maximum Gasteiger partial charge on any atom is 0.247 e. The van der Waals surface area contributed by atoms with Crippen molar-refractivity contribution in [2.45, 2.75) is 10.9 Å². The lowest BCUT2D eigenvalue weighted by molar-refractivity contribution is 0.528. The first-order chi connectivity index (χ1) is 13.3. The van der Waals surface area contributed by atoms with E-state index in [1.807, 2.05) is 48.5 Å². The van der Waals surface area contributed by atoms with Crippen molar-refractivity contribution in [1.29, 1.82) is 0 Å². The van der Waals surface area contributed by atoms with Crippen LogP contribution in [0.3, 0.4) is 0 Å². The molecule has 0 fully saturated rings. The summed E-state index contributed by atoms with van der Waals surface area (Å²) in [7, 11) is 0. The third kappa shape index (κ3) is 3.13. The van der Waals surface area contributed by atoms with E-state index in [0.29, 0.717) is 38.9 Å². The number of aromatic nitrogens is 6. The molecule has 0 aliphatic rings. The fourth-order valence-electron chi connectivity index (χ4n) is 2.73. The van der Waals surface area contributed by atoms with Crippen LogP contribution in [0.2, 0.25) is 5.02 Å². The van der Waals surface area contributed by atoms with Crippen LogP contribution in [-0.2, 0) is 5.75 Å². The van der Waals surface area contributed by atoms with Gasteiger partial charge in [0.15, 0.2) is 5.65 Å². The average Bonchev–Trinajstić information content (AvgIpc) is 3.31. The monoisotopic (exact) mass is 394 g/mol. The molecule has 5 rings (SSSR count). The highest BCUT2D eigenvalue weighted by Gasteiger charge is 2.12. The van der Waals surface area contributed by atoms with Crippen molar-refractivity contribution in [2.24, 2.45) is 0 Å². The first-order valence-electron chi connectivity index (χ1n) is 8.08. The highest BCUT2D eigenvalue weighted by atomic mass is 35.5. The predicted octanol–water partition coefficient (Wildman–Crippen LogP) is 4.50. The van der Waals surface area contributed by atoms with E-state index >= 15 is 0 Å². The quantitative estimate of drug-likeness (QED) is 0.448. The van der Waals surface area contributed by atoms with Crippen molar-refractivity contribution >= 4 is 45.4 Å². The summed E-state index contributed by atoms with van der Waals surface area (Å²) in [6.45, 7) is 0. The van der Waals surface area contributed by atoms with Crippen LogP contribution >= 0.6 is 23.4 Å². The summed E-state index contributed by atoms with van der Waals surface area (Å²) in [6.07, 6.45) is 0. The van der Waals surface area contributed by atoms with Gasteiger partial charge in [-0.2, -0.15) is 0 Å². The molecular weight excluding hydrogens is 384 g/mol. The van der Waals surface area contributed by atoms with Gasteiger partial charge in [-0.1, -0.05) is 41.6 Å². The Morgan fingerprint density at radius 3 is 2.78 bits per heavy atom. The summed E-state index contributed by atoms with van der Waals surface area (Å²) in [6, 6.07) is 15.2. The van der Waals surface area contributed by atoms with Gasteiger partial charge in [-0.15, -0.1) is 20.4 Å². The number of halogens is 1. The summed E-state index contributed by atoms with van der Waals surface area (Å²) in [5.74, 6) is 1.46. The van der Waals surface area contributed by atoms with Crippen molar-refractivity contribution < 1.29 is 4.42 Å². The second-order valence-electron chi connectivity index (χ2n) is 5.76. The lowest BCUT2D eigenvalue weighted by Gasteiger charge is -1.96. The highest BCUT2D eigenvalue weighted by molar-refractivity contribution is 7.98. The summed E-state index contributed by atoms with van der Waals surface area (Å²) in [4.78, 5) is 7.76. The van der Waals surface area contributed by atoms with Crippen LogP contribution in [0.15, 0.2) is 58.1 Å². The molecule has 0 aliphatic heterocycles. The van der Waals surface area contributed by atoms with Crippen LogP contribution in [0.4, 0.5) is 0 Å². The second-order valence-corrected chi connectivity index (χ2v) is 7.14. The third-order valence-corrected chi connectivity index (χ3v) is 5.03. The molecule has 9 heteroatoms. The molecule has 3 aromatic heterocycles. The van der Waals surface area contributed by atoms with Gasteiger partial charge in [0, 0.05) is 21.5 Å². The molecule has 1 N–H and O–H groups in total. The molecular formula is C18H11ClN6OS. The fourth-order valence-corrected chi connectivity index (χ4v) is 3.52. The number of nitrogens with one attached hydrogen (secondary N) is 1. The smallest absolute Gasteiger partial charge is 0.247 e. The minimum Gasteiger partial charge on any atom is -0.420 e. The standard InChI is InChI=1S/C18H11ClN6OS/c19-11-6-7-13-12(8-11)15-16(20-13)21-18(25-23-15)27-9-14-22-24-17(26-14)10-4-2-1-3-5-10/h1-8H,9H2,(H,20,21,25). The number of hydrogen-bond acceptors (Lipinski definition) is 7. The number of rotatable bonds is 4. The predicted molar refractivity (Wildman–Crippen MR) is 103 cm³/mol. The lowest BCUT2D eigenvalue weighted by atomic mass is 10.2. The van der Waals surface area contributed by atoms with Crippen molar-refractivity contribution in [3.05, 3.63) is 59.4 Å². The van der Waals surface area contributed by atoms with Crippen LogP contribution in [-0.4, -0.2) is 30.4 Å². The normalized spacial score (nSPS) is 11.4. The molecule has 0 amide bonds. The SMILES string of the molecule is Clc1ccc2[nH]c3nc(SCc4nnc(-c5ccccc5)o4)nnc3c2c1. The molecule has 3 heterocycles. The molecule has 0 radical (unpaired) electrons. The van der Waals surface area contributed by atoms with Gasteiger partial charge in [0.05, 0.1) is 5.75 Å². The average molecular weight is 395 g/mol. The Hall–Kier alpha value is -2.97. The molecule has 0 saturated carbocycles. The Bertz CT molecular complexity index is 1250. The molecule has 0 unspecified atom stereocenters. The van der Waals surface area contributed by atoms with E-state index in [1.165, 1.54) is 11.8 Å². The molecule has 7 nitrogen and oxygen atoms in total. The van der Waals surface area contributed by atoms with Gasteiger partial charge in [0.25, 0.3) is 0 Å². The largest absolute Gasteiger partial charge is 0.420 e. The van der Waals surface area contributed by atoms with Gasteiger partial charge in [-0.05, 0) is 30.3 Å². The molecule has 0 bridgehead atoms. The zero-order valence-electron chi connectivity index (χ0n) is 13.8. The number of H-pyrrole nitrogens is 1. The Balaban J connectivity index is 1.37. The summed E-state index contributed by atoms with van der Waals surface area (Å²) in [5.41, 5.74) is 3.17. The van der Waals surface area contributed by atoms with Crippen molar-refractivity contribution in [2.75, 3.05) is 0 Å². The van der Waals surface area contributed by atoms with Crippen molar-refractivity contribution in [3.63, 3.8) is 0 Å². The molecule has 132 valence electrons. The topological polar surface area (TPSA) is 93.4 Å². The number of hydrogen-bond donors (Lipinski definition) is 1. The number of aromatic amines is 1. The van der Waals surface area contributed by atoms with Gasteiger partial charge >= 0.3 is 0 Å². The molecule has 2 aromatic carbocycles. The molecule has 0 spiro atoms. The zero-order valence-corrected chi connectivity index (χ0v) is 15.3. The van der Waals surface area contributed by atoms with Crippen LogP contribution in [0.5, 0.6) is 0 Å². The van der Waals surface area contributed by atoms with Crippen molar-refractivity contribution in [3.8, 4) is 11.5 Å². The van der Waals surface area contributed by atoms with Crippen LogP contribution in [0.1, 0.15) is 5.89 Å². The lowest BCUT2D eigenvalue weighted by Crippen LogP contribution is -1.92. The van der Waals surface area contributed by atoms with Gasteiger partial charge in [0.2, 0.25) is 16.9 Å². The number of thioether (sulfide) groups is 1. The van der Waals surface area contributed by atoms with E-state index in [9.17, 15) is 0 Å². The van der Waals surface area contributed by atoms with E-state index in [-0.39, 0.29) is 0 Å². The van der Waals surface area contributed by atoms with Gasteiger partial charge in [0.1, 0.15) is 5.52 Å². The Labute approximate surface area is 162 Å². The molecule has 0 atom stereocenters. The molecule has 5 aromatic rings. The summed E-state index contributed by atoms with van der Waals surface area (Å²) < 4.78 is 5.70. The Kier molecular flexibility index (Phi) is 3.99. The summed E-state index contributed by atoms with van der Waals surface area (Å²) >= 11 is 7.44. The van der Waals surface area contributed by atoms with E-state index in [1.54, 1.807) is 0 Å². The first-order valence-corrected chi connectivity index (χ1v) is 9.45. The highest BCUT2D eigenvalue weighted by Crippen LogP contribution is 2.27. The summed E-state index contributed by atoms with van der Waals surface area (Å²) in [5, 5.41) is 18.7. The Morgan fingerprint density at radius 2 is 1.89 bits per heavy atom. The minimum absolute atomic E-state index is 0.457. The fraction of sp³-hybridized carbons (Fsp3) is 0.0556. The molecule has 0 aliphatic carbocycles. The number of nitrogens with zero attached hydrogens (tertiary/aromatic N) is 5. The number of benzene rings is 2. The van der Waals surface area contributed by atoms with E-state index in [0.717, 1.165) is 16.5 Å².